The van der Waals surface area contributed by atoms with E-state index < -0.39 is 18.8 Å². The van der Waals surface area contributed by atoms with E-state index in [4.69, 9.17) is 0 Å². The van der Waals surface area contributed by atoms with Gasteiger partial charge in [0.05, 0.1) is 0 Å². The van der Waals surface area contributed by atoms with Crippen molar-refractivity contribution in [3.63, 3.8) is 0 Å². The van der Waals surface area contributed by atoms with Gasteiger partial charge in [0.1, 0.15) is 6.54 Å². The van der Waals surface area contributed by atoms with Crippen LogP contribution in [0.3, 0.4) is 0 Å². The molecule has 0 aliphatic carbocycles. The monoisotopic (exact) mass is 241 g/mol. The molecule has 0 aromatic rings. The van der Waals surface area contributed by atoms with E-state index >= 15 is 0 Å². The van der Waals surface area contributed by atoms with E-state index in [1.165, 1.54) is 0 Å². The first-order valence-corrected chi connectivity index (χ1v) is 5.19. The summed E-state index contributed by atoms with van der Waals surface area (Å²) in [7, 11) is 0. The molecule has 0 bridgehead atoms. The van der Waals surface area contributed by atoms with Crippen LogP contribution in [0.5, 0.6) is 0 Å². The molecule has 4 nitrogen and oxygen atoms in total. The summed E-state index contributed by atoms with van der Waals surface area (Å²) in [6.45, 7) is 5.33. The molecule has 0 rings (SSSR count). The number of nitrogens with zero attached hydrogens (tertiary/aromatic N) is 1. The van der Waals surface area contributed by atoms with Crippen LogP contribution in [0.1, 0.15) is 13.8 Å². The van der Waals surface area contributed by atoms with Gasteiger partial charge in [-0.25, -0.2) is 4.79 Å². The molecule has 0 aromatic heterocycles. The third-order valence-electron chi connectivity index (χ3n) is 2.06. The molecule has 0 spiro atoms. The van der Waals surface area contributed by atoms with E-state index in [2.05, 4.69) is 10.2 Å². The summed E-state index contributed by atoms with van der Waals surface area (Å²) in [6.07, 6.45) is -4.36. The van der Waals surface area contributed by atoms with Gasteiger partial charge in [0, 0.05) is 13.1 Å². The highest BCUT2D eigenvalue weighted by molar-refractivity contribution is 5.73. The van der Waals surface area contributed by atoms with Crippen LogP contribution in [0.2, 0.25) is 0 Å². The Morgan fingerprint density at radius 3 is 2.19 bits per heavy atom. The van der Waals surface area contributed by atoms with E-state index in [9.17, 15) is 18.0 Å². The number of carbonyl (C=O) groups excluding carboxylic acids is 1. The Balaban J connectivity index is 3.58. The molecule has 0 fully saturated rings. The fourth-order valence-corrected chi connectivity index (χ4v) is 1.11. The summed E-state index contributed by atoms with van der Waals surface area (Å²) >= 11 is 0. The lowest BCUT2D eigenvalue weighted by molar-refractivity contribution is -0.122. The Morgan fingerprint density at radius 1 is 1.19 bits per heavy atom. The number of urea groups is 1. The van der Waals surface area contributed by atoms with E-state index in [0.717, 1.165) is 13.1 Å². The lowest BCUT2D eigenvalue weighted by Crippen LogP contribution is -2.43. The molecule has 0 unspecified atom stereocenters. The summed E-state index contributed by atoms with van der Waals surface area (Å²) in [5.74, 6) is 0. The summed E-state index contributed by atoms with van der Waals surface area (Å²) in [5.41, 5.74) is 0. The zero-order valence-corrected chi connectivity index (χ0v) is 9.52. The molecule has 2 amide bonds. The minimum atomic E-state index is -4.36. The van der Waals surface area contributed by atoms with Gasteiger partial charge in [-0.3, -0.25) is 0 Å². The molecule has 0 heterocycles. The van der Waals surface area contributed by atoms with Crippen molar-refractivity contribution >= 4 is 6.03 Å². The zero-order chi connectivity index (χ0) is 12.6. The highest BCUT2D eigenvalue weighted by Crippen LogP contribution is 2.11. The number of alkyl halides is 3. The molecule has 0 aliphatic heterocycles. The molecule has 0 saturated carbocycles. The summed E-state index contributed by atoms with van der Waals surface area (Å²) in [5, 5.41) is 4.10. The highest BCUT2D eigenvalue weighted by atomic mass is 19.4. The summed E-state index contributed by atoms with van der Waals surface area (Å²) in [6, 6.07) is -0.788. The number of hydrogen-bond acceptors (Lipinski definition) is 2. The zero-order valence-electron chi connectivity index (χ0n) is 9.52. The van der Waals surface area contributed by atoms with Crippen LogP contribution in [-0.2, 0) is 0 Å². The largest absolute Gasteiger partial charge is 0.405 e. The number of likely N-dealkylation sites (N-methyl/N-ethyl adjacent to an activating group) is 1. The maximum absolute atomic E-state index is 11.7. The fourth-order valence-electron chi connectivity index (χ4n) is 1.11. The predicted molar refractivity (Wildman–Crippen MR) is 55.2 cm³/mol. The molecule has 0 aliphatic rings. The molecule has 96 valence electrons. The van der Waals surface area contributed by atoms with Crippen molar-refractivity contribution in [2.75, 3.05) is 32.7 Å². The SMILES string of the molecule is CCN(CC)CCNC(=O)NCC(F)(F)F. The molecule has 0 aromatic carbocycles. The molecular weight excluding hydrogens is 223 g/mol. The minimum absolute atomic E-state index is 0.339. The third-order valence-corrected chi connectivity index (χ3v) is 2.06. The Hall–Kier alpha value is -0.980. The van der Waals surface area contributed by atoms with Gasteiger partial charge in [-0.15, -0.1) is 0 Å². The number of hydrogen-bond donors (Lipinski definition) is 2. The second kappa shape index (κ2) is 7.32. The van der Waals surface area contributed by atoms with Crippen LogP contribution in [-0.4, -0.2) is 49.8 Å². The van der Waals surface area contributed by atoms with Crippen LogP contribution in [0.25, 0.3) is 0 Å². The van der Waals surface area contributed by atoms with Gasteiger partial charge < -0.3 is 15.5 Å². The van der Waals surface area contributed by atoms with E-state index in [1.54, 1.807) is 5.32 Å². The Morgan fingerprint density at radius 2 is 1.75 bits per heavy atom. The average Bonchev–Trinajstić information content (AvgIpc) is 2.20. The lowest BCUT2D eigenvalue weighted by atomic mass is 10.4. The normalized spacial score (nSPS) is 11.6. The highest BCUT2D eigenvalue weighted by Gasteiger charge is 2.27. The van der Waals surface area contributed by atoms with Gasteiger partial charge in [0.15, 0.2) is 0 Å². The Labute approximate surface area is 93.2 Å². The predicted octanol–water partition coefficient (Wildman–Crippen LogP) is 1.19. The molecule has 16 heavy (non-hydrogen) atoms. The van der Waals surface area contributed by atoms with Crippen molar-refractivity contribution in [3.05, 3.63) is 0 Å². The van der Waals surface area contributed by atoms with Gasteiger partial charge in [0.2, 0.25) is 0 Å². The van der Waals surface area contributed by atoms with Gasteiger partial charge >= 0.3 is 12.2 Å². The van der Waals surface area contributed by atoms with E-state index in [0.29, 0.717) is 13.1 Å². The first-order chi connectivity index (χ1) is 7.39. The smallest absolute Gasteiger partial charge is 0.337 e. The van der Waals surface area contributed by atoms with E-state index in [1.807, 2.05) is 13.8 Å². The lowest BCUT2D eigenvalue weighted by Gasteiger charge is -2.18. The van der Waals surface area contributed by atoms with Gasteiger partial charge in [-0.05, 0) is 13.1 Å². The Bertz CT molecular complexity index is 205. The standard InChI is InChI=1S/C9H18F3N3O/c1-3-15(4-2)6-5-13-8(16)14-7-9(10,11)12/h3-7H2,1-2H3,(H2,13,14,16). The van der Waals surface area contributed by atoms with Crippen molar-refractivity contribution in [3.8, 4) is 0 Å². The van der Waals surface area contributed by atoms with Crippen LogP contribution in [0, 0.1) is 0 Å². The second-order valence-electron chi connectivity index (χ2n) is 3.25. The van der Waals surface area contributed by atoms with Crippen molar-refractivity contribution < 1.29 is 18.0 Å². The van der Waals surface area contributed by atoms with Crippen LogP contribution >= 0.6 is 0 Å². The quantitative estimate of drug-likeness (QED) is 0.733. The van der Waals surface area contributed by atoms with Crippen molar-refractivity contribution in [2.24, 2.45) is 0 Å². The van der Waals surface area contributed by atoms with Gasteiger partial charge in [0.25, 0.3) is 0 Å². The second-order valence-corrected chi connectivity index (χ2v) is 3.25. The number of halogens is 3. The Kier molecular flexibility index (Phi) is 6.87. The van der Waals surface area contributed by atoms with Gasteiger partial charge in [-0.1, -0.05) is 13.8 Å². The maximum Gasteiger partial charge on any atom is 0.405 e. The van der Waals surface area contributed by atoms with Crippen molar-refractivity contribution in [1.82, 2.24) is 15.5 Å². The van der Waals surface area contributed by atoms with Crippen molar-refractivity contribution in [2.45, 2.75) is 20.0 Å². The number of nitrogens with one attached hydrogen (secondary N) is 2. The third kappa shape index (κ3) is 8.34. The fraction of sp³-hybridized carbons (Fsp3) is 0.889. The first kappa shape index (κ1) is 15.0. The molecule has 7 heteroatoms. The molecular formula is C9H18F3N3O. The number of amides is 2. The number of rotatable bonds is 6. The topological polar surface area (TPSA) is 44.4 Å². The molecule has 0 radical (unpaired) electrons. The van der Waals surface area contributed by atoms with Crippen LogP contribution in [0.4, 0.5) is 18.0 Å². The molecule has 0 atom stereocenters. The van der Waals surface area contributed by atoms with E-state index in [-0.39, 0.29) is 0 Å². The first-order valence-electron chi connectivity index (χ1n) is 5.19. The summed E-state index contributed by atoms with van der Waals surface area (Å²) in [4.78, 5) is 13.0. The van der Waals surface area contributed by atoms with Gasteiger partial charge in [-0.2, -0.15) is 13.2 Å². The van der Waals surface area contributed by atoms with Crippen LogP contribution in [0.15, 0.2) is 0 Å². The number of carbonyl (C=O) groups is 1. The average molecular weight is 241 g/mol. The van der Waals surface area contributed by atoms with Crippen LogP contribution < -0.4 is 10.6 Å². The van der Waals surface area contributed by atoms with Crippen molar-refractivity contribution in [1.29, 1.82) is 0 Å². The minimum Gasteiger partial charge on any atom is -0.337 e. The molecule has 0 saturated heterocycles. The maximum atomic E-state index is 11.7. The summed E-state index contributed by atoms with van der Waals surface area (Å²) < 4.78 is 35.2. The molecule has 2 N–H and O–H groups in total.